The van der Waals surface area contributed by atoms with Crippen molar-refractivity contribution in [3.63, 3.8) is 0 Å². The number of hydrogen-bond donors (Lipinski definition) is 3. The Morgan fingerprint density at radius 2 is 2.00 bits per heavy atom. The molecule has 0 aliphatic carbocycles. The molecule has 2 rings (SSSR count). The number of rotatable bonds is 2. The van der Waals surface area contributed by atoms with Crippen molar-refractivity contribution in [1.82, 2.24) is 5.32 Å². The Hall–Kier alpha value is -1.55. The van der Waals surface area contributed by atoms with Crippen LogP contribution in [0, 0.1) is 0 Å². The Bertz CT molecular complexity index is 361. The highest BCUT2D eigenvalue weighted by Gasteiger charge is 2.28. The predicted octanol–water partition coefficient (Wildman–Crippen LogP) is 0.671. The fourth-order valence-corrected chi connectivity index (χ4v) is 1.94. The number of amides is 1. The summed E-state index contributed by atoms with van der Waals surface area (Å²) in [6, 6.07) is 6.96. The molecule has 1 heterocycles. The average Bonchev–Trinajstić information content (AvgIpc) is 2.68. The Morgan fingerprint density at radius 1 is 1.33 bits per heavy atom. The number of nitrogens with one attached hydrogen (secondary N) is 1. The van der Waals surface area contributed by atoms with Gasteiger partial charge in [0.25, 0.3) is 0 Å². The summed E-state index contributed by atoms with van der Waals surface area (Å²) in [4.78, 5) is 11.0. The summed E-state index contributed by atoms with van der Waals surface area (Å²) in [5, 5.41) is 12.3. The molecule has 0 bridgehead atoms. The average molecular weight is 206 g/mol. The van der Waals surface area contributed by atoms with Gasteiger partial charge in [0.05, 0.1) is 6.04 Å². The summed E-state index contributed by atoms with van der Waals surface area (Å²) in [6.45, 7) is 0. The van der Waals surface area contributed by atoms with Gasteiger partial charge in [-0.25, -0.2) is 0 Å². The molecule has 1 amide bonds. The van der Waals surface area contributed by atoms with Crippen LogP contribution >= 0.6 is 0 Å². The maximum absolute atomic E-state index is 11.0. The number of phenolic OH excluding ortho intramolecular Hbond substituents is 1. The van der Waals surface area contributed by atoms with Crippen molar-refractivity contribution in [1.29, 1.82) is 0 Å². The van der Waals surface area contributed by atoms with E-state index in [0.717, 1.165) is 18.4 Å². The van der Waals surface area contributed by atoms with Crippen molar-refractivity contribution >= 4 is 5.91 Å². The molecular weight excluding hydrogens is 192 g/mol. The first-order chi connectivity index (χ1) is 7.16. The quantitative estimate of drug-likeness (QED) is 0.665. The highest BCUT2D eigenvalue weighted by Crippen LogP contribution is 2.27. The summed E-state index contributed by atoms with van der Waals surface area (Å²) < 4.78 is 0. The molecule has 15 heavy (non-hydrogen) atoms. The molecule has 1 saturated heterocycles. The van der Waals surface area contributed by atoms with Gasteiger partial charge in [0, 0.05) is 6.04 Å². The molecule has 0 spiro atoms. The molecule has 2 unspecified atom stereocenters. The van der Waals surface area contributed by atoms with Crippen LogP contribution in [0.15, 0.2) is 24.3 Å². The molecule has 1 aromatic carbocycles. The number of carbonyl (C=O) groups is 1. The fraction of sp³-hybridized carbons (Fsp3) is 0.364. The molecule has 1 fully saturated rings. The van der Waals surface area contributed by atoms with Gasteiger partial charge in [0.2, 0.25) is 5.91 Å². The van der Waals surface area contributed by atoms with Gasteiger partial charge in [-0.3, -0.25) is 10.1 Å². The molecule has 0 aromatic heterocycles. The van der Waals surface area contributed by atoms with Gasteiger partial charge in [-0.05, 0) is 30.5 Å². The minimum Gasteiger partial charge on any atom is -0.508 e. The molecule has 1 aromatic rings. The van der Waals surface area contributed by atoms with E-state index in [1.165, 1.54) is 0 Å². The van der Waals surface area contributed by atoms with Crippen LogP contribution in [0.2, 0.25) is 0 Å². The summed E-state index contributed by atoms with van der Waals surface area (Å²) >= 11 is 0. The number of carbonyl (C=O) groups excluding carboxylic acids is 1. The van der Waals surface area contributed by atoms with E-state index in [1.807, 2.05) is 12.1 Å². The van der Waals surface area contributed by atoms with Crippen molar-refractivity contribution in [2.24, 2.45) is 5.73 Å². The van der Waals surface area contributed by atoms with E-state index in [0.29, 0.717) is 0 Å². The van der Waals surface area contributed by atoms with Crippen molar-refractivity contribution < 1.29 is 9.90 Å². The van der Waals surface area contributed by atoms with Crippen LogP contribution < -0.4 is 11.1 Å². The van der Waals surface area contributed by atoms with Gasteiger partial charge >= 0.3 is 0 Å². The first-order valence-electron chi connectivity index (χ1n) is 5.01. The summed E-state index contributed by atoms with van der Waals surface area (Å²) in [5.41, 5.74) is 6.30. The maximum Gasteiger partial charge on any atom is 0.234 e. The van der Waals surface area contributed by atoms with Gasteiger partial charge < -0.3 is 10.8 Å². The van der Waals surface area contributed by atoms with Crippen molar-refractivity contribution in [2.75, 3.05) is 0 Å². The lowest BCUT2D eigenvalue weighted by Gasteiger charge is -2.12. The summed E-state index contributed by atoms with van der Waals surface area (Å²) in [7, 11) is 0. The SMILES string of the molecule is NC(=O)C1CCC(c2ccc(O)cc2)N1. The third-order valence-electron chi connectivity index (χ3n) is 2.79. The van der Waals surface area contributed by atoms with E-state index in [2.05, 4.69) is 5.32 Å². The number of primary amides is 1. The first-order valence-corrected chi connectivity index (χ1v) is 5.01. The zero-order valence-corrected chi connectivity index (χ0v) is 8.31. The number of benzene rings is 1. The highest BCUT2D eigenvalue weighted by atomic mass is 16.3. The minimum atomic E-state index is -0.295. The van der Waals surface area contributed by atoms with Gasteiger partial charge in [-0.15, -0.1) is 0 Å². The van der Waals surface area contributed by atoms with E-state index in [-0.39, 0.29) is 23.7 Å². The molecular formula is C11H14N2O2. The molecule has 4 N–H and O–H groups in total. The van der Waals surface area contributed by atoms with E-state index in [9.17, 15) is 4.79 Å². The second-order valence-corrected chi connectivity index (χ2v) is 3.84. The van der Waals surface area contributed by atoms with E-state index < -0.39 is 0 Å². The van der Waals surface area contributed by atoms with Gasteiger partial charge in [0.15, 0.2) is 0 Å². The number of nitrogens with two attached hydrogens (primary N) is 1. The molecule has 2 atom stereocenters. The van der Waals surface area contributed by atoms with E-state index in [1.54, 1.807) is 12.1 Å². The van der Waals surface area contributed by atoms with Crippen LogP contribution in [0.4, 0.5) is 0 Å². The summed E-state index contributed by atoms with van der Waals surface area (Å²) in [6.07, 6.45) is 1.68. The maximum atomic E-state index is 11.0. The molecule has 80 valence electrons. The number of hydrogen-bond acceptors (Lipinski definition) is 3. The van der Waals surface area contributed by atoms with Crippen LogP contribution in [0.5, 0.6) is 5.75 Å². The van der Waals surface area contributed by atoms with Gasteiger partial charge in [-0.2, -0.15) is 0 Å². The van der Waals surface area contributed by atoms with Crippen LogP contribution in [0.25, 0.3) is 0 Å². The van der Waals surface area contributed by atoms with Gasteiger partial charge in [0.1, 0.15) is 5.75 Å². The second kappa shape index (κ2) is 3.90. The minimum absolute atomic E-state index is 0.170. The van der Waals surface area contributed by atoms with Crippen molar-refractivity contribution in [2.45, 2.75) is 24.9 Å². The molecule has 4 heteroatoms. The van der Waals surface area contributed by atoms with Crippen LogP contribution in [-0.2, 0) is 4.79 Å². The topological polar surface area (TPSA) is 75.4 Å². The Labute approximate surface area is 88.1 Å². The van der Waals surface area contributed by atoms with E-state index >= 15 is 0 Å². The van der Waals surface area contributed by atoms with Crippen LogP contribution in [-0.4, -0.2) is 17.1 Å². The monoisotopic (exact) mass is 206 g/mol. The van der Waals surface area contributed by atoms with E-state index in [4.69, 9.17) is 10.8 Å². The largest absolute Gasteiger partial charge is 0.508 e. The number of phenols is 1. The lowest BCUT2D eigenvalue weighted by atomic mass is 10.1. The Morgan fingerprint density at radius 3 is 2.53 bits per heavy atom. The lowest BCUT2D eigenvalue weighted by Crippen LogP contribution is -2.37. The Kier molecular flexibility index (Phi) is 2.60. The third kappa shape index (κ3) is 2.10. The zero-order chi connectivity index (χ0) is 10.8. The lowest BCUT2D eigenvalue weighted by molar-refractivity contribution is -0.119. The van der Waals surface area contributed by atoms with Crippen molar-refractivity contribution in [3.8, 4) is 5.75 Å². The molecule has 0 saturated carbocycles. The molecule has 1 aliphatic rings. The van der Waals surface area contributed by atoms with Crippen molar-refractivity contribution in [3.05, 3.63) is 29.8 Å². The Balaban J connectivity index is 2.07. The molecule has 0 radical (unpaired) electrons. The van der Waals surface area contributed by atoms with Crippen LogP contribution in [0.3, 0.4) is 0 Å². The predicted molar refractivity (Wildman–Crippen MR) is 56.2 cm³/mol. The highest BCUT2D eigenvalue weighted by molar-refractivity contribution is 5.80. The molecule has 4 nitrogen and oxygen atoms in total. The molecule has 1 aliphatic heterocycles. The van der Waals surface area contributed by atoms with Gasteiger partial charge in [-0.1, -0.05) is 12.1 Å². The first kappa shape index (κ1) is 9.98. The van der Waals surface area contributed by atoms with Crippen LogP contribution in [0.1, 0.15) is 24.4 Å². The second-order valence-electron chi connectivity index (χ2n) is 3.84. The smallest absolute Gasteiger partial charge is 0.234 e. The fourth-order valence-electron chi connectivity index (χ4n) is 1.94. The number of aromatic hydroxyl groups is 1. The standard InChI is InChI=1S/C11H14N2O2/c12-11(15)10-6-5-9(13-10)7-1-3-8(14)4-2-7/h1-4,9-10,13-14H,5-6H2,(H2,12,15). The zero-order valence-electron chi connectivity index (χ0n) is 8.31. The normalized spacial score (nSPS) is 25.3. The third-order valence-corrected chi connectivity index (χ3v) is 2.79. The summed E-state index contributed by atoms with van der Waals surface area (Å²) in [5.74, 6) is -0.0422.